The van der Waals surface area contributed by atoms with E-state index in [1.54, 1.807) is 12.3 Å². The molecule has 146 valence electrons. The summed E-state index contributed by atoms with van der Waals surface area (Å²) in [6.45, 7) is 3.32. The summed E-state index contributed by atoms with van der Waals surface area (Å²) >= 11 is 3.42. The van der Waals surface area contributed by atoms with Gasteiger partial charge in [0.25, 0.3) is 5.91 Å². The van der Waals surface area contributed by atoms with Crippen LogP contribution in [0.15, 0.2) is 47.3 Å². The van der Waals surface area contributed by atoms with Crippen LogP contribution in [0.5, 0.6) is 0 Å². The maximum Gasteiger partial charge on any atom is 0.257 e. The van der Waals surface area contributed by atoms with E-state index in [0.717, 1.165) is 23.8 Å². The van der Waals surface area contributed by atoms with Crippen LogP contribution in [-0.4, -0.2) is 57.8 Å². The maximum atomic E-state index is 13.8. The zero-order valence-electron chi connectivity index (χ0n) is 15.1. The van der Waals surface area contributed by atoms with Crippen molar-refractivity contribution in [1.82, 2.24) is 19.2 Å². The highest BCUT2D eigenvalue weighted by atomic mass is 79.9. The Morgan fingerprint density at radius 1 is 1.14 bits per heavy atom. The number of pyridine rings is 1. The van der Waals surface area contributed by atoms with Crippen LogP contribution in [0.1, 0.15) is 15.9 Å². The number of rotatable bonds is 4. The van der Waals surface area contributed by atoms with Crippen LogP contribution in [0.2, 0.25) is 0 Å². The molecule has 3 heterocycles. The van der Waals surface area contributed by atoms with Gasteiger partial charge in [0.05, 0.1) is 11.8 Å². The first-order valence-electron chi connectivity index (χ1n) is 9.10. The Morgan fingerprint density at radius 2 is 1.93 bits per heavy atom. The number of amides is 1. The van der Waals surface area contributed by atoms with Crippen LogP contribution in [0.3, 0.4) is 0 Å². The van der Waals surface area contributed by atoms with Crippen molar-refractivity contribution in [3.63, 3.8) is 0 Å². The number of hydrogen-bond acceptors (Lipinski definition) is 3. The molecule has 1 saturated heterocycles. The largest absolute Gasteiger partial charge is 0.336 e. The molecule has 0 bridgehead atoms. The smallest absolute Gasteiger partial charge is 0.257 e. The monoisotopic (exact) mass is 448 g/mol. The highest BCUT2D eigenvalue weighted by Gasteiger charge is 2.24. The number of carbonyl (C=O) groups is 1. The molecule has 0 saturated carbocycles. The van der Waals surface area contributed by atoms with Crippen molar-refractivity contribution in [2.75, 3.05) is 32.7 Å². The molecular formula is C20H19BrF2N4O. The van der Waals surface area contributed by atoms with E-state index in [9.17, 15) is 13.6 Å². The molecule has 0 radical (unpaired) electrons. The third-order valence-electron chi connectivity index (χ3n) is 5.09. The first-order chi connectivity index (χ1) is 13.5. The third-order valence-corrected chi connectivity index (χ3v) is 5.68. The van der Waals surface area contributed by atoms with E-state index in [1.807, 2.05) is 21.6 Å². The predicted octanol–water partition coefficient (Wildman–Crippen LogP) is 3.38. The van der Waals surface area contributed by atoms with E-state index < -0.39 is 11.6 Å². The second-order valence-electron chi connectivity index (χ2n) is 6.82. The third kappa shape index (κ3) is 3.79. The number of fused-ring (bicyclic) bond motifs is 1. The van der Waals surface area contributed by atoms with Crippen LogP contribution in [0.4, 0.5) is 8.78 Å². The van der Waals surface area contributed by atoms with Gasteiger partial charge in [0.15, 0.2) is 0 Å². The van der Waals surface area contributed by atoms with Crippen LogP contribution >= 0.6 is 15.9 Å². The molecule has 2 aromatic heterocycles. The minimum Gasteiger partial charge on any atom is -0.336 e. The number of imidazole rings is 1. The van der Waals surface area contributed by atoms with E-state index in [1.165, 1.54) is 12.1 Å². The van der Waals surface area contributed by atoms with Crippen LogP contribution in [0.25, 0.3) is 5.65 Å². The van der Waals surface area contributed by atoms with Crippen molar-refractivity contribution < 1.29 is 13.6 Å². The molecule has 0 unspecified atom stereocenters. The Balaban J connectivity index is 1.36. The molecule has 28 heavy (non-hydrogen) atoms. The zero-order valence-corrected chi connectivity index (χ0v) is 16.7. The fraction of sp³-hybridized carbons (Fsp3) is 0.300. The van der Waals surface area contributed by atoms with E-state index in [4.69, 9.17) is 0 Å². The lowest BCUT2D eigenvalue weighted by molar-refractivity contribution is 0.0639. The van der Waals surface area contributed by atoms with E-state index in [2.05, 4.69) is 25.8 Å². The molecule has 3 aromatic rings. The normalized spacial score (nSPS) is 15.3. The van der Waals surface area contributed by atoms with Crippen LogP contribution in [0, 0.1) is 11.6 Å². The van der Waals surface area contributed by atoms with Crippen molar-refractivity contribution in [2.45, 2.75) is 6.42 Å². The topological polar surface area (TPSA) is 40.9 Å². The zero-order chi connectivity index (χ0) is 19.7. The van der Waals surface area contributed by atoms with Gasteiger partial charge in [0.1, 0.15) is 21.9 Å². The number of benzene rings is 1. The minimum atomic E-state index is -0.562. The van der Waals surface area contributed by atoms with E-state index >= 15 is 0 Å². The molecule has 0 atom stereocenters. The summed E-state index contributed by atoms with van der Waals surface area (Å²) in [4.78, 5) is 21.3. The molecule has 1 aromatic carbocycles. The summed E-state index contributed by atoms with van der Waals surface area (Å²) in [6.07, 6.45) is 4.05. The summed E-state index contributed by atoms with van der Waals surface area (Å²) in [5.41, 5.74) is 1.72. The SMILES string of the molecule is O=C(c1cccn2c(Br)cnc12)N1CCN(CCc2ccc(F)cc2F)CC1. The van der Waals surface area contributed by atoms with Gasteiger partial charge in [0.2, 0.25) is 0 Å². The number of hydrogen-bond donors (Lipinski definition) is 0. The molecule has 1 aliphatic rings. The molecule has 5 nitrogen and oxygen atoms in total. The van der Waals surface area contributed by atoms with Crippen LogP contribution in [-0.2, 0) is 6.42 Å². The lowest BCUT2D eigenvalue weighted by Gasteiger charge is -2.34. The van der Waals surface area contributed by atoms with Gasteiger partial charge in [-0.2, -0.15) is 0 Å². The minimum absolute atomic E-state index is 0.0343. The summed E-state index contributed by atoms with van der Waals surface area (Å²) in [6, 6.07) is 7.32. The fourth-order valence-electron chi connectivity index (χ4n) is 3.50. The van der Waals surface area contributed by atoms with Crippen molar-refractivity contribution in [3.05, 3.63) is 70.1 Å². The quantitative estimate of drug-likeness (QED) is 0.614. The lowest BCUT2D eigenvalue weighted by atomic mass is 10.1. The number of carbonyl (C=O) groups excluding carboxylic acids is 1. The average Bonchev–Trinajstić information content (AvgIpc) is 3.08. The first kappa shape index (κ1) is 19.0. The molecule has 0 aliphatic carbocycles. The second kappa shape index (κ2) is 7.97. The number of halogens is 3. The number of aromatic nitrogens is 2. The van der Waals surface area contributed by atoms with Gasteiger partial charge < -0.3 is 4.90 Å². The highest BCUT2D eigenvalue weighted by molar-refractivity contribution is 9.10. The summed E-state index contributed by atoms with van der Waals surface area (Å²) in [5.74, 6) is -1.10. The standard InChI is InChI=1S/C20H19BrF2N4O/c21-18-13-24-19-16(2-1-6-27(18)19)20(28)26-10-8-25(9-11-26)7-5-14-3-4-15(22)12-17(14)23/h1-4,6,12-13H,5,7-11H2. The van der Waals surface area contributed by atoms with E-state index in [-0.39, 0.29) is 5.91 Å². The van der Waals surface area contributed by atoms with Crippen molar-refractivity contribution in [3.8, 4) is 0 Å². The molecule has 0 spiro atoms. The Labute approximate surface area is 169 Å². The van der Waals surface area contributed by atoms with Gasteiger partial charge >= 0.3 is 0 Å². The summed E-state index contributed by atoms with van der Waals surface area (Å²) < 4.78 is 29.4. The van der Waals surface area contributed by atoms with Crippen molar-refractivity contribution >= 4 is 27.5 Å². The van der Waals surface area contributed by atoms with Gasteiger partial charge in [-0.1, -0.05) is 6.07 Å². The number of nitrogens with zero attached hydrogens (tertiary/aromatic N) is 4. The molecule has 1 aliphatic heterocycles. The Kier molecular flexibility index (Phi) is 5.41. The summed E-state index contributed by atoms with van der Waals surface area (Å²) in [7, 11) is 0. The molecule has 0 N–H and O–H groups in total. The predicted molar refractivity (Wildman–Crippen MR) is 105 cm³/mol. The number of piperazine rings is 1. The molecule has 4 rings (SSSR count). The Bertz CT molecular complexity index is 1010. The fourth-order valence-corrected chi connectivity index (χ4v) is 3.88. The second-order valence-corrected chi connectivity index (χ2v) is 7.63. The van der Waals surface area contributed by atoms with Gasteiger partial charge in [-0.15, -0.1) is 0 Å². The summed E-state index contributed by atoms with van der Waals surface area (Å²) in [5, 5.41) is 0. The van der Waals surface area contributed by atoms with Gasteiger partial charge in [0, 0.05) is 45.0 Å². The average molecular weight is 449 g/mol. The van der Waals surface area contributed by atoms with Gasteiger partial charge in [-0.3, -0.25) is 14.1 Å². The Hall–Kier alpha value is -2.32. The van der Waals surface area contributed by atoms with Crippen molar-refractivity contribution in [2.24, 2.45) is 0 Å². The van der Waals surface area contributed by atoms with Gasteiger partial charge in [-0.25, -0.2) is 13.8 Å². The van der Waals surface area contributed by atoms with E-state index in [0.29, 0.717) is 42.8 Å². The van der Waals surface area contributed by atoms with Crippen LogP contribution < -0.4 is 0 Å². The molecule has 8 heteroatoms. The molecule has 1 fully saturated rings. The van der Waals surface area contributed by atoms with Crippen molar-refractivity contribution in [1.29, 1.82) is 0 Å². The molecule has 1 amide bonds. The maximum absolute atomic E-state index is 13.8. The van der Waals surface area contributed by atoms with Gasteiger partial charge in [-0.05, 0) is 46.1 Å². The first-order valence-corrected chi connectivity index (χ1v) is 9.89. The highest BCUT2D eigenvalue weighted by Crippen LogP contribution is 2.19. The molecular weight excluding hydrogens is 430 g/mol. The lowest BCUT2D eigenvalue weighted by Crippen LogP contribution is -2.49. The Morgan fingerprint density at radius 3 is 2.68 bits per heavy atom.